The molecule has 5 saturated carbocycles. The lowest BCUT2D eigenvalue weighted by Crippen LogP contribution is -2.64. The van der Waals surface area contributed by atoms with Crippen LogP contribution in [-0.2, 0) is 9.53 Å². The molecule has 0 spiro atoms. The van der Waals surface area contributed by atoms with Crippen molar-refractivity contribution < 1.29 is 14.6 Å². The van der Waals surface area contributed by atoms with Gasteiger partial charge in [0.1, 0.15) is 0 Å². The number of hydrogen-bond donors (Lipinski definition) is 2. The van der Waals surface area contributed by atoms with Crippen LogP contribution in [0.25, 0.3) is 0 Å². The Hall–Kier alpha value is -0.610. The van der Waals surface area contributed by atoms with Gasteiger partial charge in [-0.15, -0.1) is 0 Å². The Morgan fingerprint density at radius 3 is 2.52 bits per heavy atom. The number of hydrogen-bond acceptors (Lipinski definition) is 4. The van der Waals surface area contributed by atoms with Gasteiger partial charge >= 0.3 is 5.97 Å². The maximum Gasteiger partial charge on any atom is 0.311 e. The minimum atomic E-state index is -0.535. The Labute approximate surface area is 189 Å². The zero-order valence-electron chi connectivity index (χ0n) is 20.1. The first-order valence-electron chi connectivity index (χ1n) is 13.4. The van der Waals surface area contributed by atoms with Gasteiger partial charge in [0.25, 0.3) is 0 Å². The zero-order chi connectivity index (χ0) is 21.8. The normalized spacial score (nSPS) is 50.3. The van der Waals surface area contributed by atoms with Gasteiger partial charge in [0, 0.05) is 12.1 Å². The average molecular weight is 432 g/mol. The highest BCUT2D eigenvalue weighted by atomic mass is 16.5. The van der Waals surface area contributed by atoms with E-state index in [0.29, 0.717) is 29.3 Å². The van der Waals surface area contributed by atoms with Gasteiger partial charge in [-0.1, -0.05) is 39.5 Å². The summed E-state index contributed by atoms with van der Waals surface area (Å²) in [6, 6.07) is 1.24. The molecule has 0 aromatic heterocycles. The number of methoxy groups -OCH3 is 1. The molecule has 5 rings (SSSR count). The summed E-state index contributed by atoms with van der Waals surface area (Å²) in [6.07, 6.45) is 15.9. The van der Waals surface area contributed by atoms with Crippen LogP contribution in [0.5, 0.6) is 0 Å². The number of rotatable bonds is 3. The Balaban J connectivity index is 1.48. The van der Waals surface area contributed by atoms with Crippen LogP contribution < -0.4 is 5.32 Å². The number of aliphatic hydroxyl groups excluding tert-OH is 1. The van der Waals surface area contributed by atoms with Crippen LogP contribution in [0, 0.1) is 40.4 Å². The van der Waals surface area contributed by atoms with E-state index in [0.717, 1.165) is 24.7 Å². The van der Waals surface area contributed by atoms with Gasteiger partial charge in [-0.3, -0.25) is 4.79 Å². The molecular weight excluding hydrogens is 386 g/mol. The predicted octanol–water partition coefficient (Wildman–Crippen LogP) is 5.08. The molecule has 0 heterocycles. The fourth-order valence-corrected chi connectivity index (χ4v) is 9.63. The van der Waals surface area contributed by atoms with Gasteiger partial charge < -0.3 is 15.2 Å². The van der Waals surface area contributed by atoms with Crippen LogP contribution >= 0.6 is 0 Å². The lowest BCUT2D eigenvalue weighted by atomic mass is 9.43. The second-order valence-electron chi connectivity index (χ2n) is 12.6. The quantitative estimate of drug-likeness (QED) is 0.612. The average Bonchev–Trinajstić information content (AvgIpc) is 3.15. The van der Waals surface area contributed by atoms with Crippen molar-refractivity contribution in [1.82, 2.24) is 5.32 Å². The molecule has 31 heavy (non-hydrogen) atoms. The monoisotopic (exact) mass is 431 g/mol. The van der Waals surface area contributed by atoms with Crippen LogP contribution in [0.15, 0.2) is 0 Å². The molecule has 0 bridgehead atoms. The summed E-state index contributed by atoms with van der Waals surface area (Å²) < 4.78 is 5.14. The summed E-state index contributed by atoms with van der Waals surface area (Å²) in [5.41, 5.74) is 0.615. The number of nitrogens with one attached hydrogen (secondary N) is 1. The molecule has 9 atom stereocenters. The SMILES string of the molecule is COC(=O)C1C[C@@]2(C)C(CC[C@@H]3[C@H]2C(NC2CCCCC2)C[C@]2(C)CCC[C@@H]32)CC1O. The van der Waals surface area contributed by atoms with Crippen LogP contribution in [0.3, 0.4) is 0 Å². The largest absolute Gasteiger partial charge is 0.469 e. The van der Waals surface area contributed by atoms with Crippen molar-refractivity contribution in [3.05, 3.63) is 0 Å². The van der Waals surface area contributed by atoms with Gasteiger partial charge in [0.15, 0.2) is 0 Å². The lowest BCUT2D eigenvalue weighted by molar-refractivity contribution is -0.174. The molecular formula is C27H45NO3. The summed E-state index contributed by atoms with van der Waals surface area (Å²) in [6.45, 7) is 5.08. The van der Waals surface area contributed by atoms with E-state index in [1.54, 1.807) is 0 Å². The van der Waals surface area contributed by atoms with E-state index < -0.39 is 6.10 Å². The van der Waals surface area contributed by atoms with Crippen molar-refractivity contribution in [2.45, 2.75) is 116 Å². The third-order valence-corrected chi connectivity index (χ3v) is 11.0. The first-order valence-corrected chi connectivity index (χ1v) is 13.4. The van der Waals surface area contributed by atoms with Crippen molar-refractivity contribution in [3.63, 3.8) is 0 Å². The van der Waals surface area contributed by atoms with E-state index in [9.17, 15) is 9.90 Å². The minimum absolute atomic E-state index is 0.122. The molecule has 0 aliphatic heterocycles. The molecule has 0 radical (unpaired) electrons. The molecule has 4 heteroatoms. The first kappa shape index (κ1) is 22.2. The molecule has 4 unspecified atom stereocenters. The molecule has 5 aliphatic carbocycles. The van der Waals surface area contributed by atoms with Crippen LogP contribution in [0.4, 0.5) is 0 Å². The number of carbonyl (C=O) groups is 1. The molecule has 2 N–H and O–H groups in total. The third kappa shape index (κ3) is 3.68. The molecule has 5 aliphatic rings. The van der Waals surface area contributed by atoms with E-state index in [1.807, 2.05) is 0 Å². The van der Waals surface area contributed by atoms with Gasteiger partial charge in [-0.05, 0) is 92.3 Å². The number of aliphatic hydroxyl groups is 1. The maximum atomic E-state index is 12.6. The smallest absolute Gasteiger partial charge is 0.311 e. The Bertz CT molecular complexity index is 675. The second-order valence-corrected chi connectivity index (χ2v) is 12.6. The Kier molecular flexibility index (Phi) is 5.95. The van der Waals surface area contributed by atoms with Crippen molar-refractivity contribution in [3.8, 4) is 0 Å². The highest BCUT2D eigenvalue weighted by Gasteiger charge is 2.62. The topological polar surface area (TPSA) is 58.6 Å². The van der Waals surface area contributed by atoms with Crippen LogP contribution in [-0.4, -0.2) is 36.4 Å². The van der Waals surface area contributed by atoms with Crippen molar-refractivity contribution in [2.24, 2.45) is 40.4 Å². The predicted molar refractivity (Wildman–Crippen MR) is 122 cm³/mol. The number of ether oxygens (including phenoxy) is 1. The lowest BCUT2D eigenvalue weighted by Gasteiger charge is -2.64. The van der Waals surface area contributed by atoms with E-state index in [1.165, 1.54) is 77.7 Å². The second kappa shape index (κ2) is 8.31. The zero-order valence-corrected chi connectivity index (χ0v) is 20.1. The summed E-state index contributed by atoms with van der Waals surface area (Å²) in [7, 11) is 1.48. The first-order chi connectivity index (χ1) is 14.9. The third-order valence-electron chi connectivity index (χ3n) is 11.0. The van der Waals surface area contributed by atoms with E-state index in [4.69, 9.17) is 4.74 Å². The van der Waals surface area contributed by atoms with Gasteiger partial charge in [-0.2, -0.15) is 0 Å². The van der Waals surface area contributed by atoms with E-state index in [2.05, 4.69) is 19.2 Å². The molecule has 0 aromatic rings. The van der Waals surface area contributed by atoms with Crippen molar-refractivity contribution >= 4 is 5.97 Å². The highest BCUT2D eigenvalue weighted by molar-refractivity contribution is 5.73. The summed E-state index contributed by atoms with van der Waals surface area (Å²) >= 11 is 0. The summed E-state index contributed by atoms with van der Waals surface area (Å²) in [4.78, 5) is 12.6. The Morgan fingerprint density at radius 2 is 1.77 bits per heavy atom. The van der Waals surface area contributed by atoms with E-state index >= 15 is 0 Å². The van der Waals surface area contributed by atoms with Gasteiger partial charge in [-0.25, -0.2) is 0 Å². The molecule has 176 valence electrons. The number of esters is 1. The highest BCUT2D eigenvalue weighted by Crippen LogP contribution is 2.66. The molecule has 0 aromatic carbocycles. The summed E-state index contributed by atoms with van der Waals surface area (Å²) in [5.74, 6) is 2.24. The van der Waals surface area contributed by atoms with Crippen LogP contribution in [0.1, 0.15) is 97.3 Å². The van der Waals surface area contributed by atoms with Gasteiger partial charge in [0.05, 0.1) is 19.1 Å². The van der Waals surface area contributed by atoms with Crippen LogP contribution in [0.2, 0.25) is 0 Å². The van der Waals surface area contributed by atoms with E-state index in [-0.39, 0.29) is 17.3 Å². The van der Waals surface area contributed by atoms with Gasteiger partial charge in [0.2, 0.25) is 0 Å². The van der Waals surface area contributed by atoms with Crippen molar-refractivity contribution in [1.29, 1.82) is 0 Å². The minimum Gasteiger partial charge on any atom is -0.469 e. The molecule has 0 saturated heterocycles. The number of carbonyl (C=O) groups excluding carboxylic acids is 1. The fraction of sp³-hybridized carbons (Fsp3) is 0.963. The molecule has 0 amide bonds. The summed E-state index contributed by atoms with van der Waals surface area (Å²) in [5, 5.41) is 15.1. The molecule has 5 fully saturated rings. The fourth-order valence-electron chi connectivity index (χ4n) is 9.63. The number of fused-ring (bicyclic) bond motifs is 5. The Morgan fingerprint density at radius 1 is 1.00 bits per heavy atom. The molecule has 4 nitrogen and oxygen atoms in total. The van der Waals surface area contributed by atoms with Crippen molar-refractivity contribution in [2.75, 3.05) is 7.11 Å². The maximum absolute atomic E-state index is 12.6. The standard InChI is InChI=1S/C27H45NO3/c1-26-13-7-10-21(26)19-12-11-17-14-23(29)20(25(30)31-3)15-27(17,2)24(19)22(16-26)28-18-8-5-4-6-9-18/h17-24,28-29H,4-16H2,1-3H3/t17?,19-,20?,21-,22?,23?,24-,26-,27-/m0/s1.